The smallest absolute Gasteiger partial charge is 0.249 e. The largest absolute Gasteiger partial charge is 0.336 e. The van der Waals surface area contributed by atoms with E-state index >= 15 is 0 Å². The molecule has 0 bridgehead atoms. The number of rotatable bonds is 4. The van der Waals surface area contributed by atoms with Gasteiger partial charge in [0, 0.05) is 24.7 Å². The van der Waals surface area contributed by atoms with Gasteiger partial charge in [-0.3, -0.25) is 9.59 Å². The van der Waals surface area contributed by atoms with Gasteiger partial charge in [0.15, 0.2) is 0 Å². The topological polar surface area (TPSA) is 40.6 Å². The van der Waals surface area contributed by atoms with E-state index in [-0.39, 0.29) is 18.4 Å². The number of nitrogens with zero attached hydrogens (tertiary/aromatic N) is 2. The SMILES string of the molecule is C=C(CC(C)C)C(=O)N1CCN(C2CC2)C(=O)C1. The molecular weight excluding hydrogens is 228 g/mol. The van der Waals surface area contributed by atoms with Crippen molar-refractivity contribution < 1.29 is 9.59 Å². The van der Waals surface area contributed by atoms with Gasteiger partial charge in [-0.1, -0.05) is 20.4 Å². The highest BCUT2D eigenvalue weighted by atomic mass is 16.2. The lowest BCUT2D eigenvalue weighted by molar-refractivity contribution is -0.143. The molecule has 0 aromatic carbocycles. The summed E-state index contributed by atoms with van der Waals surface area (Å²) in [6.07, 6.45) is 2.95. The third-order valence-electron chi connectivity index (χ3n) is 3.49. The van der Waals surface area contributed by atoms with Gasteiger partial charge in [0.2, 0.25) is 11.8 Å². The zero-order chi connectivity index (χ0) is 13.3. The first kappa shape index (κ1) is 13.1. The van der Waals surface area contributed by atoms with Crippen LogP contribution < -0.4 is 0 Å². The predicted octanol–water partition coefficient (Wildman–Crippen LogP) is 1.42. The van der Waals surface area contributed by atoms with Gasteiger partial charge >= 0.3 is 0 Å². The molecule has 2 rings (SSSR count). The number of carbonyl (C=O) groups is 2. The summed E-state index contributed by atoms with van der Waals surface area (Å²) >= 11 is 0. The highest BCUT2D eigenvalue weighted by Gasteiger charge is 2.36. The molecule has 0 aromatic heterocycles. The maximum atomic E-state index is 12.1. The Bertz CT molecular complexity index is 372. The number of carbonyl (C=O) groups excluding carboxylic acids is 2. The lowest BCUT2D eigenvalue weighted by Crippen LogP contribution is -2.53. The van der Waals surface area contributed by atoms with E-state index in [0.717, 1.165) is 12.8 Å². The van der Waals surface area contributed by atoms with Crippen molar-refractivity contribution >= 4 is 11.8 Å². The quantitative estimate of drug-likeness (QED) is 0.708. The minimum Gasteiger partial charge on any atom is -0.336 e. The van der Waals surface area contributed by atoms with E-state index in [0.29, 0.717) is 37.0 Å². The molecule has 0 radical (unpaired) electrons. The molecule has 0 atom stereocenters. The molecule has 2 fully saturated rings. The molecule has 1 aliphatic heterocycles. The van der Waals surface area contributed by atoms with Crippen LogP contribution in [-0.2, 0) is 9.59 Å². The standard InChI is InChI=1S/C14H22N2O2/c1-10(2)8-11(3)14(18)15-6-7-16(12-4-5-12)13(17)9-15/h10,12H,3-9H2,1-2H3. The maximum absolute atomic E-state index is 12.1. The van der Waals surface area contributed by atoms with Gasteiger partial charge in [-0.2, -0.15) is 0 Å². The fraction of sp³-hybridized carbons (Fsp3) is 0.714. The molecule has 1 saturated carbocycles. The normalized spacial score (nSPS) is 20.5. The van der Waals surface area contributed by atoms with E-state index in [2.05, 4.69) is 20.4 Å². The van der Waals surface area contributed by atoms with Gasteiger partial charge in [-0.15, -0.1) is 0 Å². The van der Waals surface area contributed by atoms with Crippen molar-refractivity contribution in [3.05, 3.63) is 12.2 Å². The van der Waals surface area contributed by atoms with Crippen molar-refractivity contribution in [2.45, 2.75) is 39.2 Å². The lowest BCUT2D eigenvalue weighted by atomic mass is 10.0. The van der Waals surface area contributed by atoms with Crippen LogP contribution in [-0.4, -0.2) is 47.3 Å². The Hall–Kier alpha value is -1.32. The van der Waals surface area contributed by atoms with Crippen LogP contribution in [0, 0.1) is 5.92 Å². The third kappa shape index (κ3) is 2.92. The number of hydrogen-bond donors (Lipinski definition) is 0. The Labute approximate surface area is 109 Å². The molecule has 1 aliphatic carbocycles. The van der Waals surface area contributed by atoms with Crippen molar-refractivity contribution in [1.82, 2.24) is 9.80 Å². The lowest BCUT2D eigenvalue weighted by Gasteiger charge is -2.35. The first-order chi connectivity index (χ1) is 8.49. The molecule has 1 saturated heterocycles. The molecule has 0 unspecified atom stereocenters. The fourth-order valence-electron chi connectivity index (χ4n) is 2.44. The third-order valence-corrected chi connectivity index (χ3v) is 3.49. The number of piperazine rings is 1. The van der Waals surface area contributed by atoms with Crippen LogP contribution >= 0.6 is 0 Å². The summed E-state index contributed by atoms with van der Waals surface area (Å²) in [7, 11) is 0. The summed E-state index contributed by atoms with van der Waals surface area (Å²) in [6, 6.07) is 0.452. The van der Waals surface area contributed by atoms with Gasteiger partial charge in [-0.25, -0.2) is 0 Å². The fourth-order valence-corrected chi connectivity index (χ4v) is 2.44. The Balaban J connectivity index is 1.89. The second-order valence-corrected chi connectivity index (χ2v) is 5.75. The summed E-state index contributed by atoms with van der Waals surface area (Å²) in [5, 5.41) is 0. The van der Waals surface area contributed by atoms with Crippen molar-refractivity contribution in [2.75, 3.05) is 19.6 Å². The summed E-state index contributed by atoms with van der Waals surface area (Å²) in [6.45, 7) is 9.54. The second kappa shape index (κ2) is 5.12. The molecule has 2 aliphatic rings. The van der Waals surface area contributed by atoms with Gasteiger partial charge in [-0.05, 0) is 25.2 Å². The molecular formula is C14H22N2O2. The van der Waals surface area contributed by atoms with Crippen LogP contribution in [0.2, 0.25) is 0 Å². The number of amides is 2. The zero-order valence-corrected chi connectivity index (χ0v) is 11.3. The van der Waals surface area contributed by atoms with Gasteiger partial charge in [0.1, 0.15) is 6.54 Å². The molecule has 0 N–H and O–H groups in total. The monoisotopic (exact) mass is 250 g/mol. The van der Waals surface area contributed by atoms with E-state index in [1.54, 1.807) is 4.90 Å². The van der Waals surface area contributed by atoms with E-state index in [4.69, 9.17) is 0 Å². The molecule has 2 amide bonds. The van der Waals surface area contributed by atoms with E-state index < -0.39 is 0 Å². The van der Waals surface area contributed by atoms with E-state index in [1.807, 2.05) is 4.90 Å². The first-order valence-electron chi connectivity index (χ1n) is 6.75. The van der Waals surface area contributed by atoms with Crippen molar-refractivity contribution in [1.29, 1.82) is 0 Å². The van der Waals surface area contributed by atoms with Crippen LogP contribution in [0.5, 0.6) is 0 Å². The Morgan fingerprint density at radius 1 is 1.39 bits per heavy atom. The Morgan fingerprint density at radius 2 is 2.06 bits per heavy atom. The maximum Gasteiger partial charge on any atom is 0.249 e. The van der Waals surface area contributed by atoms with Crippen molar-refractivity contribution in [2.24, 2.45) is 5.92 Å². The summed E-state index contributed by atoms with van der Waals surface area (Å²) < 4.78 is 0. The second-order valence-electron chi connectivity index (χ2n) is 5.75. The van der Waals surface area contributed by atoms with Crippen LogP contribution in [0.15, 0.2) is 12.2 Å². The molecule has 100 valence electrons. The minimum atomic E-state index is -0.0486. The summed E-state index contributed by atoms with van der Waals surface area (Å²) in [4.78, 5) is 27.6. The number of hydrogen-bond acceptors (Lipinski definition) is 2. The predicted molar refractivity (Wildman–Crippen MR) is 69.9 cm³/mol. The zero-order valence-electron chi connectivity index (χ0n) is 11.3. The minimum absolute atomic E-state index is 0.0486. The highest BCUT2D eigenvalue weighted by molar-refractivity contribution is 5.96. The molecule has 0 aromatic rings. The molecule has 4 heteroatoms. The van der Waals surface area contributed by atoms with Crippen LogP contribution in [0.3, 0.4) is 0 Å². The van der Waals surface area contributed by atoms with Gasteiger partial charge in [0.05, 0.1) is 0 Å². The van der Waals surface area contributed by atoms with E-state index in [1.165, 1.54) is 0 Å². The molecule has 4 nitrogen and oxygen atoms in total. The van der Waals surface area contributed by atoms with Crippen LogP contribution in [0.4, 0.5) is 0 Å². The summed E-state index contributed by atoms with van der Waals surface area (Å²) in [5.41, 5.74) is 0.623. The molecule has 18 heavy (non-hydrogen) atoms. The molecule has 0 spiro atoms. The Kier molecular flexibility index (Phi) is 3.73. The molecule has 1 heterocycles. The van der Waals surface area contributed by atoms with Crippen molar-refractivity contribution in [3.63, 3.8) is 0 Å². The summed E-state index contributed by atoms with van der Waals surface area (Å²) in [5.74, 6) is 0.465. The average molecular weight is 250 g/mol. The first-order valence-corrected chi connectivity index (χ1v) is 6.75. The van der Waals surface area contributed by atoms with Gasteiger partial charge < -0.3 is 9.80 Å². The van der Waals surface area contributed by atoms with Crippen molar-refractivity contribution in [3.8, 4) is 0 Å². The van der Waals surface area contributed by atoms with Crippen LogP contribution in [0.25, 0.3) is 0 Å². The highest BCUT2D eigenvalue weighted by Crippen LogP contribution is 2.28. The van der Waals surface area contributed by atoms with Gasteiger partial charge in [0.25, 0.3) is 0 Å². The average Bonchev–Trinajstić information content (AvgIpc) is 3.11. The van der Waals surface area contributed by atoms with E-state index in [9.17, 15) is 9.59 Å². The Morgan fingerprint density at radius 3 is 2.56 bits per heavy atom. The van der Waals surface area contributed by atoms with Crippen LogP contribution in [0.1, 0.15) is 33.1 Å².